The molecule has 0 aliphatic heterocycles. The van der Waals surface area contributed by atoms with Gasteiger partial charge in [0, 0.05) is 29.4 Å². The Morgan fingerprint density at radius 3 is 2.38 bits per heavy atom. The molecule has 0 bridgehead atoms. The maximum Gasteiger partial charge on any atom is 0.244 e. The van der Waals surface area contributed by atoms with Crippen LogP contribution in [0.1, 0.15) is 12.5 Å². The summed E-state index contributed by atoms with van der Waals surface area (Å²) in [5.41, 5.74) is 2.00. The molecule has 6 nitrogen and oxygen atoms in total. The molecule has 0 saturated heterocycles. The van der Waals surface area contributed by atoms with Gasteiger partial charge >= 0.3 is 0 Å². The molecule has 0 saturated carbocycles. The summed E-state index contributed by atoms with van der Waals surface area (Å²) in [6.07, 6.45) is 0. The molecule has 1 N–H and O–H groups in total. The number of nitrogens with one attached hydrogen (secondary N) is 1. The van der Waals surface area contributed by atoms with Gasteiger partial charge in [0.15, 0.2) is 11.5 Å². The first kappa shape index (κ1) is 19.6. The zero-order valence-electron chi connectivity index (χ0n) is 15.1. The van der Waals surface area contributed by atoms with Crippen molar-refractivity contribution in [3.8, 4) is 11.5 Å². The molecule has 0 unspecified atom stereocenters. The van der Waals surface area contributed by atoms with E-state index in [0.717, 1.165) is 5.56 Å². The van der Waals surface area contributed by atoms with Gasteiger partial charge in [0.25, 0.3) is 0 Å². The van der Waals surface area contributed by atoms with Gasteiger partial charge in [-0.3, -0.25) is 9.59 Å². The van der Waals surface area contributed by atoms with Crippen molar-refractivity contribution in [2.45, 2.75) is 13.8 Å². The highest BCUT2D eigenvalue weighted by atomic mass is 35.5. The zero-order valence-corrected chi connectivity index (χ0v) is 15.9. The summed E-state index contributed by atoms with van der Waals surface area (Å²) in [7, 11) is 3.05. The molecule has 2 rings (SSSR count). The fourth-order valence-electron chi connectivity index (χ4n) is 2.50. The van der Waals surface area contributed by atoms with E-state index < -0.39 is 0 Å². The molecule has 0 aromatic heterocycles. The number of hydrogen-bond acceptors (Lipinski definition) is 4. The highest BCUT2D eigenvalue weighted by Crippen LogP contribution is 2.30. The van der Waals surface area contributed by atoms with Gasteiger partial charge in [0.1, 0.15) is 6.54 Å². The molecule has 0 heterocycles. The van der Waals surface area contributed by atoms with E-state index >= 15 is 0 Å². The molecule has 2 aromatic rings. The molecule has 0 aliphatic rings. The number of carbonyl (C=O) groups is 2. The summed E-state index contributed by atoms with van der Waals surface area (Å²) in [5.74, 6) is 0.467. The SMILES string of the molecule is COc1ccc(NC(=O)CN(C(C)=O)c2cc(Cl)ccc2C)cc1OC. The van der Waals surface area contributed by atoms with Crippen LogP contribution in [0.4, 0.5) is 11.4 Å². The van der Waals surface area contributed by atoms with Crippen molar-refractivity contribution in [3.05, 3.63) is 47.0 Å². The number of amides is 2. The molecule has 26 heavy (non-hydrogen) atoms. The average Bonchev–Trinajstić information content (AvgIpc) is 2.61. The second-order valence-electron chi connectivity index (χ2n) is 5.65. The molecule has 0 fully saturated rings. The third-order valence-corrected chi connectivity index (χ3v) is 4.05. The van der Waals surface area contributed by atoms with E-state index in [4.69, 9.17) is 21.1 Å². The fourth-order valence-corrected chi connectivity index (χ4v) is 2.66. The summed E-state index contributed by atoms with van der Waals surface area (Å²) < 4.78 is 10.4. The van der Waals surface area contributed by atoms with Gasteiger partial charge in [-0.2, -0.15) is 0 Å². The Labute approximate surface area is 157 Å². The number of carbonyl (C=O) groups excluding carboxylic acids is 2. The predicted octanol–water partition coefficient (Wildman–Crippen LogP) is 3.66. The molecular weight excluding hydrogens is 356 g/mol. The van der Waals surface area contributed by atoms with E-state index in [9.17, 15) is 9.59 Å². The lowest BCUT2D eigenvalue weighted by molar-refractivity contribution is -0.120. The van der Waals surface area contributed by atoms with E-state index in [-0.39, 0.29) is 18.4 Å². The smallest absolute Gasteiger partial charge is 0.244 e. The lowest BCUT2D eigenvalue weighted by Gasteiger charge is -2.23. The number of methoxy groups -OCH3 is 2. The van der Waals surface area contributed by atoms with Gasteiger partial charge in [-0.15, -0.1) is 0 Å². The number of benzene rings is 2. The van der Waals surface area contributed by atoms with Crippen LogP contribution in [-0.2, 0) is 9.59 Å². The van der Waals surface area contributed by atoms with Crippen molar-refractivity contribution < 1.29 is 19.1 Å². The van der Waals surface area contributed by atoms with Crippen molar-refractivity contribution in [2.24, 2.45) is 0 Å². The van der Waals surface area contributed by atoms with Crippen LogP contribution in [0, 0.1) is 6.92 Å². The third kappa shape index (κ3) is 4.67. The van der Waals surface area contributed by atoms with E-state index in [2.05, 4.69) is 5.32 Å². The first-order valence-electron chi connectivity index (χ1n) is 7.92. The first-order chi connectivity index (χ1) is 12.3. The maximum atomic E-state index is 12.4. The van der Waals surface area contributed by atoms with Crippen LogP contribution in [0.15, 0.2) is 36.4 Å². The van der Waals surface area contributed by atoms with Crippen LogP contribution in [0.5, 0.6) is 11.5 Å². The van der Waals surface area contributed by atoms with Crippen molar-refractivity contribution in [3.63, 3.8) is 0 Å². The molecule has 138 valence electrons. The standard InChI is InChI=1S/C19H21ClN2O4/c1-12-5-6-14(20)9-16(12)22(13(2)23)11-19(24)21-15-7-8-17(25-3)18(10-15)26-4/h5-10H,11H2,1-4H3,(H,21,24). The molecule has 2 aromatic carbocycles. The quantitative estimate of drug-likeness (QED) is 0.835. The average molecular weight is 377 g/mol. The summed E-state index contributed by atoms with van der Waals surface area (Å²) in [6, 6.07) is 10.3. The minimum atomic E-state index is -0.341. The van der Waals surface area contributed by atoms with Crippen molar-refractivity contribution >= 4 is 34.8 Å². The maximum absolute atomic E-state index is 12.4. The zero-order chi connectivity index (χ0) is 19.3. The normalized spacial score (nSPS) is 10.2. The number of aryl methyl sites for hydroxylation is 1. The molecule has 2 amide bonds. The van der Waals surface area contributed by atoms with Crippen LogP contribution >= 0.6 is 11.6 Å². The van der Waals surface area contributed by atoms with Crippen LogP contribution < -0.4 is 19.7 Å². The number of ether oxygens (including phenoxy) is 2. The van der Waals surface area contributed by atoms with Crippen LogP contribution in [0.25, 0.3) is 0 Å². The minimum Gasteiger partial charge on any atom is -0.493 e. The highest BCUT2D eigenvalue weighted by molar-refractivity contribution is 6.31. The molecule has 7 heteroatoms. The molecule has 0 atom stereocenters. The second-order valence-corrected chi connectivity index (χ2v) is 6.09. The van der Waals surface area contributed by atoms with Crippen molar-refractivity contribution in [1.82, 2.24) is 0 Å². The molecule has 0 spiro atoms. The number of anilines is 2. The van der Waals surface area contributed by atoms with Gasteiger partial charge < -0.3 is 19.7 Å². The van der Waals surface area contributed by atoms with Gasteiger partial charge in [-0.25, -0.2) is 0 Å². The summed E-state index contributed by atoms with van der Waals surface area (Å²) in [4.78, 5) is 25.9. The van der Waals surface area contributed by atoms with Gasteiger partial charge in [-0.05, 0) is 36.8 Å². The largest absolute Gasteiger partial charge is 0.493 e. The van der Waals surface area contributed by atoms with E-state index in [1.54, 1.807) is 36.4 Å². The number of nitrogens with zero attached hydrogens (tertiary/aromatic N) is 1. The summed E-state index contributed by atoms with van der Waals surface area (Å²) in [6.45, 7) is 3.13. The van der Waals surface area contributed by atoms with E-state index in [1.165, 1.54) is 26.0 Å². The van der Waals surface area contributed by atoms with E-state index in [0.29, 0.717) is 27.9 Å². The van der Waals surface area contributed by atoms with Crippen molar-refractivity contribution in [2.75, 3.05) is 31.0 Å². The Morgan fingerprint density at radius 1 is 1.08 bits per heavy atom. The summed E-state index contributed by atoms with van der Waals surface area (Å²) in [5, 5.41) is 3.25. The fraction of sp³-hybridized carbons (Fsp3) is 0.263. The lowest BCUT2D eigenvalue weighted by Crippen LogP contribution is -2.37. The number of hydrogen-bond donors (Lipinski definition) is 1. The first-order valence-corrected chi connectivity index (χ1v) is 8.29. The topological polar surface area (TPSA) is 67.9 Å². The Balaban J connectivity index is 2.18. The van der Waals surface area contributed by atoms with Crippen LogP contribution in [-0.4, -0.2) is 32.6 Å². The second kappa shape index (κ2) is 8.58. The Hall–Kier alpha value is -2.73. The molecule has 0 radical (unpaired) electrons. The van der Waals surface area contributed by atoms with Crippen molar-refractivity contribution in [1.29, 1.82) is 0 Å². The van der Waals surface area contributed by atoms with Gasteiger partial charge in [-0.1, -0.05) is 17.7 Å². The van der Waals surface area contributed by atoms with Gasteiger partial charge in [0.2, 0.25) is 11.8 Å². The Bertz CT molecular complexity index is 823. The molecular formula is C19H21ClN2O4. The predicted molar refractivity (Wildman–Crippen MR) is 102 cm³/mol. The van der Waals surface area contributed by atoms with E-state index in [1.807, 2.05) is 6.92 Å². The monoisotopic (exact) mass is 376 g/mol. The number of halogens is 1. The van der Waals surface area contributed by atoms with Gasteiger partial charge in [0.05, 0.1) is 14.2 Å². The summed E-state index contributed by atoms with van der Waals surface area (Å²) >= 11 is 6.03. The van der Waals surface area contributed by atoms with Crippen LogP contribution in [0.3, 0.4) is 0 Å². The van der Waals surface area contributed by atoms with Crippen LogP contribution in [0.2, 0.25) is 5.02 Å². The highest BCUT2D eigenvalue weighted by Gasteiger charge is 2.18. The molecule has 0 aliphatic carbocycles. The Kier molecular flexibility index (Phi) is 6.46. The minimum absolute atomic E-state index is 0.134. The number of rotatable bonds is 6. The lowest BCUT2D eigenvalue weighted by atomic mass is 10.1. The third-order valence-electron chi connectivity index (χ3n) is 3.81. The Morgan fingerprint density at radius 2 is 1.77 bits per heavy atom.